The van der Waals surface area contributed by atoms with E-state index in [-0.39, 0.29) is 0 Å². The predicted octanol–water partition coefficient (Wildman–Crippen LogP) is 1.54. The summed E-state index contributed by atoms with van der Waals surface area (Å²) >= 11 is 0. The maximum atomic E-state index is 6.18. The normalized spacial score (nSPS) is 23.3. The van der Waals surface area contributed by atoms with E-state index < -0.39 is 0 Å². The number of nitrogens with zero attached hydrogens (tertiary/aromatic N) is 3. The largest absolute Gasteiger partial charge is 0.383 e. The van der Waals surface area contributed by atoms with Crippen molar-refractivity contribution in [1.29, 1.82) is 0 Å². The molecule has 21 heavy (non-hydrogen) atoms. The number of methoxy groups -OCH3 is 1. The fourth-order valence-electron chi connectivity index (χ4n) is 3.24. The number of rotatable bonds is 5. The Hall–Kier alpha value is -0.810. The van der Waals surface area contributed by atoms with Gasteiger partial charge in [-0.25, -0.2) is 0 Å². The first kappa shape index (κ1) is 16.6. The highest BCUT2D eigenvalue weighted by atomic mass is 16.5. The summed E-state index contributed by atoms with van der Waals surface area (Å²) in [6.07, 6.45) is 7.66. The average Bonchev–Trinajstić information content (AvgIpc) is 2.81. The maximum absolute atomic E-state index is 6.18. The zero-order chi connectivity index (χ0) is 14.9. The first-order chi connectivity index (χ1) is 10.3. The summed E-state index contributed by atoms with van der Waals surface area (Å²) in [7, 11) is 1.77. The van der Waals surface area contributed by atoms with Crippen LogP contribution in [0.5, 0.6) is 0 Å². The van der Waals surface area contributed by atoms with Gasteiger partial charge in [0.15, 0.2) is 5.96 Å². The van der Waals surface area contributed by atoms with Gasteiger partial charge in [-0.3, -0.25) is 4.99 Å². The molecule has 2 aliphatic rings. The van der Waals surface area contributed by atoms with Crippen molar-refractivity contribution in [2.24, 2.45) is 16.6 Å². The molecule has 0 aromatic rings. The summed E-state index contributed by atoms with van der Waals surface area (Å²) in [6, 6.07) is 0. The molecule has 0 bridgehead atoms. The predicted molar refractivity (Wildman–Crippen MR) is 87.6 cm³/mol. The van der Waals surface area contributed by atoms with Crippen LogP contribution in [0.1, 0.15) is 38.5 Å². The minimum Gasteiger partial charge on any atom is -0.383 e. The Kier molecular flexibility index (Phi) is 7.30. The minimum absolute atomic E-state index is 0.703. The van der Waals surface area contributed by atoms with Crippen LogP contribution in [0.2, 0.25) is 0 Å². The Labute approximate surface area is 129 Å². The van der Waals surface area contributed by atoms with Gasteiger partial charge in [-0.2, -0.15) is 0 Å². The molecular weight excluding hydrogens is 264 g/mol. The van der Waals surface area contributed by atoms with Crippen LogP contribution in [0.3, 0.4) is 0 Å². The van der Waals surface area contributed by atoms with Crippen LogP contribution in [-0.2, 0) is 4.74 Å². The number of piperidine rings is 1. The second kappa shape index (κ2) is 9.26. The van der Waals surface area contributed by atoms with Gasteiger partial charge in [0.05, 0.1) is 6.61 Å². The molecule has 2 aliphatic heterocycles. The molecule has 0 radical (unpaired) electrons. The van der Waals surface area contributed by atoms with Crippen molar-refractivity contribution >= 4 is 5.96 Å². The molecule has 2 rings (SSSR count). The monoisotopic (exact) mass is 296 g/mol. The molecule has 5 heteroatoms. The van der Waals surface area contributed by atoms with Gasteiger partial charge in [0.1, 0.15) is 0 Å². The molecule has 0 atom stereocenters. The number of ether oxygens (including phenoxy) is 1. The summed E-state index contributed by atoms with van der Waals surface area (Å²) in [5.74, 6) is 1.48. The van der Waals surface area contributed by atoms with Crippen molar-refractivity contribution in [3.8, 4) is 0 Å². The van der Waals surface area contributed by atoms with E-state index in [1.165, 1.54) is 51.6 Å². The van der Waals surface area contributed by atoms with Gasteiger partial charge in [-0.15, -0.1) is 0 Å². The van der Waals surface area contributed by atoms with Gasteiger partial charge < -0.3 is 20.3 Å². The molecule has 0 unspecified atom stereocenters. The fourth-order valence-corrected chi connectivity index (χ4v) is 3.24. The highest BCUT2D eigenvalue weighted by Crippen LogP contribution is 2.17. The van der Waals surface area contributed by atoms with Crippen molar-refractivity contribution in [2.45, 2.75) is 38.5 Å². The van der Waals surface area contributed by atoms with Crippen LogP contribution >= 0.6 is 0 Å². The molecular formula is C16H32N4O. The van der Waals surface area contributed by atoms with Gasteiger partial charge in [0.25, 0.3) is 0 Å². The third kappa shape index (κ3) is 5.83. The Morgan fingerprint density at radius 1 is 1.10 bits per heavy atom. The molecule has 5 nitrogen and oxygen atoms in total. The summed E-state index contributed by atoms with van der Waals surface area (Å²) in [4.78, 5) is 9.44. The van der Waals surface area contributed by atoms with Gasteiger partial charge in [-0.05, 0) is 44.7 Å². The lowest BCUT2D eigenvalue weighted by Crippen LogP contribution is -2.39. The molecule has 0 amide bonds. The lowest BCUT2D eigenvalue weighted by molar-refractivity contribution is 0.121. The zero-order valence-corrected chi connectivity index (χ0v) is 13.6. The molecule has 0 aliphatic carbocycles. The first-order valence-electron chi connectivity index (χ1n) is 8.55. The number of aliphatic imine (C=N–C) groups is 1. The molecule has 2 N–H and O–H groups in total. The summed E-state index contributed by atoms with van der Waals surface area (Å²) < 4.78 is 5.14. The lowest BCUT2D eigenvalue weighted by Gasteiger charge is -2.31. The zero-order valence-electron chi connectivity index (χ0n) is 13.6. The van der Waals surface area contributed by atoms with Crippen LogP contribution < -0.4 is 5.73 Å². The second-order valence-electron chi connectivity index (χ2n) is 6.38. The Balaban J connectivity index is 1.69. The molecule has 0 spiro atoms. The summed E-state index contributed by atoms with van der Waals surface area (Å²) in [5, 5.41) is 0. The second-order valence-corrected chi connectivity index (χ2v) is 6.38. The quantitative estimate of drug-likeness (QED) is 0.617. The number of nitrogens with two attached hydrogens (primary N) is 1. The highest BCUT2D eigenvalue weighted by molar-refractivity contribution is 5.78. The van der Waals surface area contributed by atoms with Crippen molar-refractivity contribution in [3.63, 3.8) is 0 Å². The van der Waals surface area contributed by atoms with Crippen LogP contribution in [-0.4, -0.2) is 68.7 Å². The molecule has 0 aromatic heterocycles. The van der Waals surface area contributed by atoms with E-state index in [0.717, 1.165) is 38.7 Å². The third-order valence-electron chi connectivity index (χ3n) is 4.76. The van der Waals surface area contributed by atoms with E-state index in [4.69, 9.17) is 10.5 Å². The van der Waals surface area contributed by atoms with E-state index in [9.17, 15) is 0 Å². The van der Waals surface area contributed by atoms with Crippen LogP contribution in [0, 0.1) is 5.92 Å². The molecule has 2 heterocycles. The summed E-state index contributed by atoms with van der Waals surface area (Å²) in [5.41, 5.74) is 6.18. The summed E-state index contributed by atoms with van der Waals surface area (Å²) in [6.45, 7) is 7.32. The van der Waals surface area contributed by atoms with Crippen molar-refractivity contribution in [3.05, 3.63) is 0 Å². The Bertz CT molecular complexity index is 305. The fraction of sp³-hybridized carbons (Fsp3) is 0.938. The molecule has 122 valence electrons. The van der Waals surface area contributed by atoms with Gasteiger partial charge >= 0.3 is 0 Å². The van der Waals surface area contributed by atoms with Crippen LogP contribution in [0.25, 0.3) is 0 Å². The highest BCUT2D eigenvalue weighted by Gasteiger charge is 2.19. The van der Waals surface area contributed by atoms with Crippen molar-refractivity contribution < 1.29 is 4.74 Å². The molecule has 2 fully saturated rings. The van der Waals surface area contributed by atoms with Crippen molar-refractivity contribution in [2.75, 3.05) is 53.0 Å². The van der Waals surface area contributed by atoms with Gasteiger partial charge in [0.2, 0.25) is 0 Å². The van der Waals surface area contributed by atoms with Crippen molar-refractivity contribution in [1.82, 2.24) is 9.80 Å². The topological polar surface area (TPSA) is 54.1 Å². The Morgan fingerprint density at radius 2 is 1.76 bits per heavy atom. The number of likely N-dealkylation sites (tertiary alicyclic amines) is 2. The smallest absolute Gasteiger partial charge is 0.191 e. The van der Waals surface area contributed by atoms with E-state index in [0.29, 0.717) is 5.92 Å². The van der Waals surface area contributed by atoms with Crippen LogP contribution in [0.4, 0.5) is 0 Å². The van der Waals surface area contributed by atoms with Gasteiger partial charge in [-0.1, -0.05) is 12.8 Å². The number of hydrogen-bond acceptors (Lipinski definition) is 3. The first-order valence-corrected chi connectivity index (χ1v) is 8.55. The molecule has 2 saturated heterocycles. The van der Waals surface area contributed by atoms with Crippen LogP contribution in [0.15, 0.2) is 4.99 Å². The Morgan fingerprint density at radius 3 is 2.38 bits per heavy atom. The van der Waals surface area contributed by atoms with E-state index in [1.54, 1.807) is 7.11 Å². The number of hydrogen-bond donors (Lipinski definition) is 1. The lowest BCUT2D eigenvalue weighted by atomic mass is 9.97. The molecule has 0 saturated carbocycles. The molecule has 0 aromatic carbocycles. The minimum atomic E-state index is 0.703. The van der Waals surface area contributed by atoms with E-state index >= 15 is 0 Å². The van der Waals surface area contributed by atoms with E-state index in [2.05, 4.69) is 14.8 Å². The average molecular weight is 296 g/mol. The SMILES string of the molecule is COCCN1CCC(CN=C(N)N2CCCCCC2)CC1. The third-order valence-corrected chi connectivity index (χ3v) is 4.76. The van der Waals surface area contributed by atoms with Gasteiger partial charge in [0, 0.05) is 33.3 Å². The maximum Gasteiger partial charge on any atom is 0.191 e. The van der Waals surface area contributed by atoms with E-state index in [1.807, 2.05) is 0 Å². The number of guanidine groups is 1. The standard InChI is InChI=1S/C16H32N4O/c1-21-13-12-19-10-6-15(7-11-19)14-18-16(17)20-8-4-2-3-5-9-20/h15H,2-14H2,1H3,(H2,17,18).